The third-order valence-corrected chi connectivity index (χ3v) is 2.88. The number of nitrogens with zero attached hydrogens (tertiary/aromatic N) is 3. The number of benzene rings is 1. The Bertz CT molecular complexity index is 725. The fourth-order valence-corrected chi connectivity index (χ4v) is 1.86. The molecule has 20 heavy (non-hydrogen) atoms. The summed E-state index contributed by atoms with van der Waals surface area (Å²) < 4.78 is 18.4. The van der Waals surface area contributed by atoms with E-state index < -0.39 is 6.08 Å². The molecule has 6 nitrogen and oxygen atoms in total. The predicted molar refractivity (Wildman–Crippen MR) is 72.0 cm³/mol. The number of halogens is 1. The summed E-state index contributed by atoms with van der Waals surface area (Å²) in [5.74, 6) is 1.18. The Morgan fingerprint density at radius 2 is 2.05 bits per heavy atom. The molecule has 102 valence electrons. The van der Waals surface area contributed by atoms with Crippen molar-refractivity contribution in [2.24, 2.45) is 0 Å². The molecule has 0 aliphatic carbocycles. The van der Waals surface area contributed by atoms with Gasteiger partial charge < -0.3 is 15.0 Å². The lowest BCUT2D eigenvalue weighted by Crippen LogP contribution is -2.04. The molecule has 0 atom stereocenters. The summed E-state index contributed by atoms with van der Waals surface area (Å²) in [4.78, 5) is 14.1. The summed E-state index contributed by atoms with van der Waals surface area (Å²) in [7, 11) is 1.62. The highest BCUT2D eigenvalue weighted by atomic mass is 19.1. The minimum atomic E-state index is -0.804. The van der Waals surface area contributed by atoms with Crippen LogP contribution in [0.2, 0.25) is 0 Å². The van der Waals surface area contributed by atoms with Gasteiger partial charge in [0.15, 0.2) is 11.5 Å². The van der Waals surface area contributed by atoms with Crippen LogP contribution in [0.25, 0.3) is 11.2 Å². The van der Waals surface area contributed by atoms with Crippen LogP contribution < -0.4 is 10.1 Å². The Labute approximate surface area is 114 Å². The lowest BCUT2D eigenvalue weighted by Gasteiger charge is -2.07. The highest BCUT2D eigenvalue weighted by Gasteiger charge is 2.09. The van der Waals surface area contributed by atoms with Gasteiger partial charge in [-0.2, -0.15) is 14.4 Å². The molecule has 2 aromatic heterocycles. The quantitative estimate of drug-likeness (QED) is 0.712. The smallest absolute Gasteiger partial charge is 0.312 e. The number of hydrogen-bond acceptors (Lipinski definition) is 5. The largest absolute Gasteiger partial charge is 0.497 e. The maximum atomic E-state index is 13.3. The van der Waals surface area contributed by atoms with Crippen molar-refractivity contribution in [2.45, 2.75) is 6.54 Å². The zero-order valence-corrected chi connectivity index (χ0v) is 10.7. The van der Waals surface area contributed by atoms with Crippen LogP contribution in [0, 0.1) is 6.08 Å². The second kappa shape index (κ2) is 5.12. The molecule has 0 saturated carbocycles. The van der Waals surface area contributed by atoms with Gasteiger partial charge in [-0.15, -0.1) is 0 Å². The minimum Gasteiger partial charge on any atom is -0.497 e. The van der Waals surface area contributed by atoms with E-state index in [0.29, 0.717) is 23.5 Å². The fourth-order valence-electron chi connectivity index (χ4n) is 1.86. The van der Waals surface area contributed by atoms with Gasteiger partial charge in [-0.1, -0.05) is 12.1 Å². The molecule has 3 aromatic rings. The molecule has 0 aliphatic heterocycles. The van der Waals surface area contributed by atoms with Crippen LogP contribution in [-0.2, 0) is 6.54 Å². The fraction of sp³-hybridized carbons (Fsp3) is 0.154. The van der Waals surface area contributed by atoms with Gasteiger partial charge in [-0.25, -0.2) is 4.98 Å². The number of rotatable bonds is 4. The molecule has 0 fully saturated rings. The first kappa shape index (κ1) is 12.3. The molecule has 0 amide bonds. The number of imidazole rings is 1. The third kappa shape index (κ3) is 2.37. The van der Waals surface area contributed by atoms with E-state index in [2.05, 4.69) is 25.3 Å². The zero-order valence-electron chi connectivity index (χ0n) is 10.7. The lowest BCUT2D eigenvalue weighted by atomic mass is 10.2. The van der Waals surface area contributed by atoms with Crippen LogP contribution in [0.1, 0.15) is 5.56 Å². The van der Waals surface area contributed by atoms with Gasteiger partial charge in [-0.3, -0.25) is 0 Å². The Balaban J connectivity index is 1.80. The van der Waals surface area contributed by atoms with Gasteiger partial charge >= 0.3 is 6.08 Å². The second-order valence-corrected chi connectivity index (χ2v) is 4.14. The number of nitrogens with one attached hydrogen (secondary N) is 2. The van der Waals surface area contributed by atoms with Crippen molar-refractivity contribution < 1.29 is 9.13 Å². The average Bonchev–Trinajstić information content (AvgIpc) is 2.93. The topological polar surface area (TPSA) is 75.7 Å². The van der Waals surface area contributed by atoms with Crippen LogP contribution in [0.15, 0.2) is 30.6 Å². The van der Waals surface area contributed by atoms with Crippen molar-refractivity contribution in [3.63, 3.8) is 0 Å². The molecule has 0 radical (unpaired) electrons. The van der Waals surface area contributed by atoms with Crippen LogP contribution in [0.4, 0.5) is 10.2 Å². The van der Waals surface area contributed by atoms with E-state index in [9.17, 15) is 4.39 Å². The Hall–Kier alpha value is -2.70. The van der Waals surface area contributed by atoms with Crippen molar-refractivity contribution in [3.8, 4) is 5.75 Å². The highest BCUT2D eigenvalue weighted by Crippen LogP contribution is 2.17. The number of anilines is 1. The first-order valence-corrected chi connectivity index (χ1v) is 5.99. The van der Waals surface area contributed by atoms with E-state index >= 15 is 0 Å². The molecule has 3 rings (SSSR count). The number of aromatic amines is 1. The first-order valence-electron chi connectivity index (χ1n) is 5.99. The van der Waals surface area contributed by atoms with Crippen LogP contribution in [0.5, 0.6) is 5.75 Å². The monoisotopic (exact) mass is 273 g/mol. The molecular weight excluding hydrogens is 261 g/mol. The Kier molecular flexibility index (Phi) is 3.16. The van der Waals surface area contributed by atoms with E-state index in [1.165, 1.54) is 6.33 Å². The van der Waals surface area contributed by atoms with E-state index in [4.69, 9.17) is 4.74 Å². The van der Waals surface area contributed by atoms with Gasteiger partial charge in [-0.05, 0) is 17.7 Å². The average molecular weight is 273 g/mol. The summed E-state index contributed by atoms with van der Waals surface area (Å²) >= 11 is 0. The second-order valence-electron chi connectivity index (χ2n) is 4.14. The summed E-state index contributed by atoms with van der Waals surface area (Å²) in [6.07, 6.45) is 0.652. The van der Waals surface area contributed by atoms with Crippen LogP contribution >= 0.6 is 0 Å². The van der Waals surface area contributed by atoms with E-state index in [-0.39, 0.29) is 0 Å². The van der Waals surface area contributed by atoms with E-state index in [1.807, 2.05) is 24.3 Å². The summed E-state index contributed by atoms with van der Waals surface area (Å²) in [5.41, 5.74) is 1.91. The van der Waals surface area contributed by atoms with Crippen molar-refractivity contribution in [1.82, 2.24) is 19.9 Å². The molecule has 7 heteroatoms. The Morgan fingerprint density at radius 3 is 2.80 bits per heavy atom. The Morgan fingerprint density at radius 1 is 1.25 bits per heavy atom. The molecule has 0 spiro atoms. The van der Waals surface area contributed by atoms with Gasteiger partial charge in [0.2, 0.25) is 0 Å². The van der Waals surface area contributed by atoms with Gasteiger partial charge in [0, 0.05) is 6.54 Å². The van der Waals surface area contributed by atoms with Crippen LogP contribution in [0.3, 0.4) is 0 Å². The third-order valence-electron chi connectivity index (χ3n) is 2.88. The van der Waals surface area contributed by atoms with Crippen LogP contribution in [-0.4, -0.2) is 27.0 Å². The molecule has 0 bridgehead atoms. The summed E-state index contributed by atoms with van der Waals surface area (Å²) in [6.45, 7) is 0.508. The highest BCUT2D eigenvalue weighted by molar-refractivity contribution is 5.81. The number of methoxy groups -OCH3 is 1. The number of aromatic nitrogens is 4. The van der Waals surface area contributed by atoms with Crippen molar-refractivity contribution in [1.29, 1.82) is 0 Å². The molecular formula is C13H12FN5O. The first-order chi connectivity index (χ1) is 9.76. The predicted octanol–water partition coefficient (Wildman–Crippen LogP) is 2.11. The van der Waals surface area contributed by atoms with Crippen molar-refractivity contribution in [2.75, 3.05) is 12.4 Å². The van der Waals surface area contributed by atoms with Gasteiger partial charge in [0.1, 0.15) is 11.3 Å². The lowest BCUT2D eigenvalue weighted by molar-refractivity contribution is 0.414. The van der Waals surface area contributed by atoms with Crippen molar-refractivity contribution in [3.05, 3.63) is 42.2 Å². The standard InChI is InChI=1S/C13H12FN5O/c1-20-9-4-2-8(3-5-9)6-15-11-10-12(17-7-16-10)19-13(14)18-11/h2-5,7H,6H2,1H3,(H2,15,16,17,18,19). The number of H-pyrrole nitrogens is 1. The molecule has 0 aliphatic rings. The minimum absolute atomic E-state index is 0.301. The SMILES string of the molecule is COc1ccc(CNc2nc(F)nc3nc[nH]c23)cc1. The summed E-state index contributed by atoms with van der Waals surface area (Å²) in [5, 5.41) is 3.07. The van der Waals surface area contributed by atoms with E-state index in [0.717, 1.165) is 11.3 Å². The number of hydrogen-bond donors (Lipinski definition) is 2. The number of fused-ring (bicyclic) bond motifs is 1. The van der Waals surface area contributed by atoms with Crippen molar-refractivity contribution >= 4 is 17.0 Å². The van der Waals surface area contributed by atoms with E-state index in [1.54, 1.807) is 7.11 Å². The molecule has 0 saturated heterocycles. The van der Waals surface area contributed by atoms with Gasteiger partial charge in [0.25, 0.3) is 0 Å². The van der Waals surface area contributed by atoms with Gasteiger partial charge in [0.05, 0.1) is 13.4 Å². The normalized spacial score (nSPS) is 10.7. The molecule has 0 unspecified atom stereocenters. The summed E-state index contributed by atoms with van der Waals surface area (Å²) in [6, 6.07) is 7.58. The maximum absolute atomic E-state index is 13.3. The molecule has 1 aromatic carbocycles. The maximum Gasteiger partial charge on any atom is 0.312 e. The molecule has 2 N–H and O–H groups in total. The number of ether oxygens (including phenoxy) is 1. The zero-order chi connectivity index (χ0) is 13.9. The molecule has 2 heterocycles.